The molecular formula is C22H17Cl2FN2S. The van der Waals surface area contributed by atoms with E-state index in [1.165, 1.54) is 28.4 Å². The van der Waals surface area contributed by atoms with Gasteiger partial charge in [-0.25, -0.2) is 4.39 Å². The number of hydrogen-bond donors (Lipinski definition) is 1. The monoisotopic (exact) mass is 430 g/mol. The fraction of sp³-hybridized carbons (Fsp3) is 0.0909. The average molecular weight is 431 g/mol. The molecule has 1 N–H and O–H groups in total. The van der Waals surface area contributed by atoms with Gasteiger partial charge in [0.15, 0.2) is 0 Å². The smallest absolute Gasteiger partial charge is 0.123 e. The molecule has 6 heteroatoms. The Hall–Kier alpha value is -2.11. The summed E-state index contributed by atoms with van der Waals surface area (Å²) < 4.78 is 15.7. The fourth-order valence-electron chi connectivity index (χ4n) is 3.74. The average Bonchev–Trinajstić information content (AvgIpc) is 3.32. The van der Waals surface area contributed by atoms with Crippen molar-refractivity contribution in [2.45, 2.75) is 12.1 Å². The number of halogens is 3. The molecule has 28 heavy (non-hydrogen) atoms. The molecule has 2 unspecified atom stereocenters. The van der Waals surface area contributed by atoms with E-state index in [0.29, 0.717) is 0 Å². The van der Waals surface area contributed by atoms with Crippen molar-refractivity contribution in [3.8, 4) is 5.00 Å². The van der Waals surface area contributed by atoms with E-state index in [9.17, 15) is 4.39 Å². The summed E-state index contributed by atoms with van der Waals surface area (Å²) in [5.74, 6) is -0.224. The van der Waals surface area contributed by atoms with Crippen LogP contribution in [0.25, 0.3) is 5.00 Å². The lowest BCUT2D eigenvalue weighted by molar-refractivity contribution is 0.540. The van der Waals surface area contributed by atoms with Gasteiger partial charge in [-0.3, -0.25) is 5.32 Å². The maximum absolute atomic E-state index is 13.5. The summed E-state index contributed by atoms with van der Waals surface area (Å²) in [6.07, 6.45) is 2.10. The highest BCUT2D eigenvalue weighted by atomic mass is 35.5. The Morgan fingerprint density at radius 1 is 0.893 bits per heavy atom. The topological polar surface area (TPSA) is 17.0 Å². The molecule has 142 valence electrons. The van der Waals surface area contributed by atoms with Gasteiger partial charge in [0.05, 0.1) is 12.1 Å². The van der Waals surface area contributed by atoms with Crippen LogP contribution in [-0.4, -0.2) is 4.57 Å². The van der Waals surface area contributed by atoms with E-state index in [1.807, 2.05) is 24.3 Å². The van der Waals surface area contributed by atoms with Gasteiger partial charge in [-0.1, -0.05) is 35.9 Å². The van der Waals surface area contributed by atoms with Gasteiger partial charge in [0.2, 0.25) is 0 Å². The summed E-state index contributed by atoms with van der Waals surface area (Å²) in [6.45, 7) is 0. The van der Waals surface area contributed by atoms with Gasteiger partial charge in [0, 0.05) is 22.5 Å². The number of benzene rings is 2. The second-order valence-corrected chi connectivity index (χ2v) is 7.95. The van der Waals surface area contributed by atoms with Gasteiger partial charge < -0.3 is 4.57 Å². The first-order valence-electron chi connectivity index (χ1n) is 8.73. The minimum Gasteiger partial charge on any atom is -0.310 e. The van der Waals surface area contributed by atoms with E-state index < -0.39 is 0 Å². The minimum atomic E-state index is -0.224. The van der Waals surface area contributed by atoms with E-state index in [4.69, 9.17) is 11.6 Å². The molecule has 4 aromatic rings. The molecule has 1 aliphatic rings. The molecule has 0 spiro atoms. The standard InChI is InChI=1S/C22H16ClFN2S.ClH/c23-16-7-3-15(4-8-16)21-19-2-1-12-26(19)22-18(11-13-27-22)20(25-21)14-5-9-17(24)10-6-14;/h1-13,20-21,25H;1H. The molecule has 0 aliphatic carbocycles. The number of aromatic nitrogens is 1. The quantitative estimate of drug-likeness (QED) is 0.382. The molecular weight excluding hydrogens is 414 g/mol. The highest BCUT2D eigenvalue weighted by molar-refractivity contribution is 7.12. The number of nitrogens with one attached hydrogen (secondary N) is 1. The van der Waals surface area contributed by atoms with Gasteiger partial charge in [-0.05, 0) is 59.0 Å². The summed E-state index contributed by atoms with van der Waals surface area (Å²) in [5.41, 5.74) is 4.55. The van der Waals surface area contributed by atoms with Crippen LogP contribution in [-0.2, 0) is 0 Å². The van der Waals surface area contributed by atoms with E-state index in [-0.39, 0.29) is 30.3 Å². The molecule has 2 atom stereocenters. The highest BCUT2D eigenvalue weighted by Crippen LogP contribution is 2.40. The molecule has 2 aromatic carbocycles. The Bertz CT molecular complexity index is 999. The fourth-order valence-corrected chi connectivity index (χ4v) is 4.81. The van der Waals surface area contributed by atoms with Crippen molar-refractivity contribution in [2.75, 3.05) is 0 Å². The lowest BCUT2D eigenvalue weighted by Gasteiger charge is -2.24. The van der Waals surface area contributed by atoms with E-state index >= 15 is 0 Å². The van der Waals surface area contributed by atoms with Crippen molar-refractivity contribution in [1.29, 1.82) is 0 Å². The van der Waals surface area contributed by atoms with Gasteiger partial charge in [-0.2, -0.15) is 0 Å². The zero-order chi connectivity index (χ0) is 18.4. The number of rotatable bonds is 2. The summed E-state index contributed by atoms with van der Waals surface area (Å²) in [6, 6.07) is 21.0. The molecule has 1 aliphatic heterocycles. The third-order valence-corrected chi connectivity index (χ3v) is 6.20. The summed E-state index contributed by atoms with van der Waals surface area (Å²) >= 11 is 7.81. The second-order valence-electron chi connectivity index (χ2n) is 6.62. The highest BCUT2D eigenvalue weighted by Gasteiger charge is 2.30. The first-order chi connectivity index (χ1) is 13.2. The van der Waals surface area contributed by atoms with Crippen LogP contribution < -0.4 is 5.32 Å². The van der Waals surface area contributed by atoms with Crippen molar-refractivity contribution in [1.82, 2.24) is 9.88 Å². The number of nitrogens with zero attached hydrogens (tertiary/aromatic N) is 1. The number of thiophene rings is 1. The summed E-state index contributed by atoms with van der Waals surface area (Å²) in [4.78, 5) is 0. The van der Waals surface area contributed by atoms with Gasteiger partial charge in [0.25, 0.3) is 0 Å². The molecule has 0 saturated carbocycles. The first kappa shape index (κ1) is 19.2. The lowest BCUT2D eigenvalue weighted by atomic mass is 9.97. The molecule has 2 aromatic heterocycles. The molecule has 0 amide bonds. The van der Waals surface area contributed by atoms with Gasteiger partial charge in [0.1, 0.15) is 10.8 Å². The first-order valence-corrected chi connectivity index (χ1v) is 9.98. The van der Waals surface area contributed by atoms with Crippen LogP contribution in [0.2, 0.25) is 5.02 Å². The van der Waals surface area contributed by atoms with Crippen molar-refractivity contribution in [3.63, 3.8) is 0 Å². The van der Waals surface area contributed by atoms with Gasteiger partial charge in [-0.15, -0.1) is 23.7 Å². The molecule has 5 rings (SSSR count). The predicted molar refractivity (Wildman–Crippen MR) is 116 cm³/mol. The zero-order valence-corrected chi connectivity index (χ0v) is 17.1. The molecule has 0 radical (unpaired) electrons. The lowest BCUT2D eigenvalue weighted by Crippen LogP contribution is -2.27. The Labute approximate surface area is 178 Å². The number of hydrogen-bond acceptors (Lipinski definition) is 2. The van der Waals surface area contributed by atoms with Crippen LogP contribution in [0, 0.1) is 5.82 Å². The molecule has 0 bridgehead atoms. The van der Waals surface area contributed by atoms with Crippen molar-refractivity contribution >= 4 is 35.3 Å². The predicted octanol–water partition coefficient (Wildman–Crippen LogP) is 6.54. The molecule has 3 heterocycles. The van der Waals surface area contributed by atoms with E-state index in [2.05, 4.69) is 51.8 Å². The van der Waals surface area contributed by atoms with Crippen LogP contribution in [0.4, 0.5) is 4.39 Å². The molecule has 0 fully saturated rings. The van der Waals surface area contributed by atoms with Crippen LogP contribution in [0.5, 0.6) is 0 Å². The Balaban J connectivity index is 0.00000192. The Kier molecular flexibility index (Phi) is 5.30. The number of fused-ring (bicyclic) bond motifs is 3. The van der Waals surface area contributed by atoms with Gasteiger partial charge >= 0.3 is 0 Å². The van der Waals surface area contributed by atoms with Crippen LogP contribution >= 0.6 is 35.3 Å². The van der Waals surface area contributed by atoms with Crippen LogP contribution in [0.15, 0.2) is 78.3 Å². The maximum Gasteiger partial charge on any atom is 0.123 e. The van der Waals surface area contributed by atoms with Crippen molar-refractivity contribution in [2.24, 2.45) is 0 Å². The summed E-state index contributed by atoms with van der Waals surface area (Å²) in [5, 5.41) is 7.81. The Morgan fingerprint density at radius 2 is 1.57 bits per heavy atom. The third-order valence-electron chi connectivity index (χ3n) is 5.02. The largest absolute Gasteiger partial charge is 0.310 e. The van der Waals surface area contributed by atoms with Crippen LogP contribution in [0.1, 0.15) is 34.5 Å². The third kappa shape index (κ3) is 3.27. The normalized spacial score (nSPS) is 17.9. The Morgan fingerprint density at radius 3 is 2.32 bits per heavy atom. The zero-order valence-electron chi connectivity index (χ0n) is 14.7. The van der Waals surface area contributed by atoms with E-state index in [0.717, 1.165) is 16.1 Å². The molecule has 0 saturated heterocycles. The molecule has 2 nitrogen and oxygen atoms in total. The SMILES string of the molecule is Cl.Fc1ccc(C2NC(c3ccc(Cl)cc3)c3cccn3-c3sccc32)cc1. The van der Waals surface area contributed by atoms with E-state index in [1.54, 1.807) is 11.3 Å². The minimum absolute atomic E-state index is 0. The van der Waals surface area contributed by atoms with Crippen molar-refractivity contribution in [3.05, 3.63) is 112 Å². The summed E-state index contributed by atoms with van der Waals surface area (Å²) in [7, 11) is 0. The second kappa shape index (κ2) is 7.72. The maximum atomic E-state index is 13.5. The van der Waals surface area contributed by atoms with Crippen LogP contribution in [0.3, 0.4) is 0 Å². The van der Waals surface area contributed by atoms with Crippen molar-refractivity contribution < 1.29 is 4.39 Å².